The van der Waals surface area contributed by atoms with Crippen LogP contribution in [0.3, 0.4) is 0 Å². The fraction of sp³-hybridized carbons (Fsp3) is 0.273. The standard InChI is InChI=1S/C11H14N2O2/c1-13-10(14)7-9(11(12)15)8-5-3-2-4-6-8/h2-6,9H,7H2,1H3,(H2,12,15)(H,13,14). The second-order valence-corrected chi connectivity index (χ2v) is 3.24. The molecular weight excluding hydrogens is 192 g/mol. The van der Waals surface area contributed by atoms with Crippen LogP contribution < -0.4 is 11.1 Å². The van der Waals surface area contributed by atoms with Gasteiger partial charge >= 0.3 is 0 Å². The highest BCUT2D eigenvalue weighted by atomic mass is 16.2. The van der Waals surface area contributed by atoms with E-state index in [2.05, 4.69) is 5.32 Å². The average Bonchev–Trinajstić information content (AvgIpc) is 2.26. The summed E-state index contributed by atoms with van der Waals surface area (Å²) in [5.74, 6) is -1.22. The van der Waals surface area contributed by atoms with Crippen LogP contribution in [0.15, 0.2) is 30.3 Å². The molecule has 0 fully saturated rings. The number of carbonyl (C=O) groups excluding carboxylic acids is 2. The van der Waals surface area contributed by atoms with Crippen molar-refractivity contribution in [3.05, 3.63) is 35.9 Å². The zero-order chi connectivity index (χ0) is 11.3. The molecule has 0 radical (unpaired) electrons. The molecule has 80 valence electrons. The molecule has 4 nitrogen and oxygen atoms in total. The minimum atomic E-state index is -0.550. The van der Waals surface area contributed by atoms with Gasteiger partial charge in [-0.1, -0.05) is 30.3 Å². The van der Waals surface area contributed by atoms with E-state index in [1.165, 1.54) is 7.05 Å². The van der Waals surface area contributed by atoms with Crippen LogP contribution >= 0.6 is 0 Å². The molecule has 0 aliphatic carbocycles. The molecule has 0 aromatic heterocycles. The van der Waals surface area contributed by atoms with E-state index in [9.17, 15) is 9.59 Å². The number of hydrogen-bond acceptors (Lipinski definition) is 2. The zero-order valence-corrected chi connectivity index (χ0v) is 8.57. The summed E-state index contributed by atoms with van der Waals surface area (Å²) in [6.07, 6.45) is 0.0931. The minimum Gasteiger partial charge on any atom is -0.369 e. The molecule has 0 saturated carbocycles. The van der Waals surface area contributed by atoms with Crippen molar-refractivity contribution in [1.29, 1.82) is 0 Å². The molecule has 1 aromatic carbocycles. The van der Waals surface area contributed by atoms with Crippen LogP contribution in [0.1, 0.15) is 17.9 Å². The van der Waals surface area contributed by atoms with Gasteiger partial charge in [0, 0.05) is 13.5 Å². The first kappa shape index (κ1) is 11.2. The smallest absolute Gasteiger partial charge is 0.225 e. The van der Waals surface area contributed by atoms with E-state index in [0.29, 0.717) is 0 Å². The van der Waals surface area contributed by atoms with E-state index in [-0.39, 0.29) is 12.3 Å². The van der Waals surface area contributed by atoms with Crippen molar-refractivity contribution < 1.29 is 9.59 Å². The van der Waals surface area contributed by atoms with Crippen molar-refractivity contribution >= 4 is 11.8 Å². The normalized spacial score (nSPS) is 11.8. The number of rotatable bonds is 4. The van der Waals surface area contributed by atoms with Gasteiger partial charge in [-0.3, -0.25) is 9.59 Å². The Balaban J connectivity index is 2.84. The van der Waals surface area contributed by atoms with Gasteiger partial charge in [-0.25, -0.2) is 0 Å². The fourth-order valence-electron chi connectivity index (χ4n) is 1.36. The summed E-state index contributed by atoms with van der Waals surface area (Å²) in [4.78, 5) is 22.4. The monoisotopic (exact) mass is 206 g/mol. The molecule has 1 unspecified atom stereocenters. The third-order valence-corrected chi connectivity index (χ3v) is 2.21. The van der Waals surface area contributed by atoms with Crippen molar-refractivity contribution in [1.82, 2.24) is 5.32 Å². The molecule has 2 amide bonds. The van der Waals surface area contributed by atoms with Crippen LogP contribution in [0.5, 0.6) is 0 Å². The molecule has 1 atom stereocenters. The van der Waals surface area contributed by atoms with Crippen LogP contribution in [0.25, 0.3) is 0 Å². The molecular formula is C11H14N2O2. The first-order valence-electron chi connectivity index (χ1n) is 4.70. The van der Waals surface area contributed by atoms with Gasteiger partial charge in [-0.15, -0.1) is 0 Å². The largest absolute Gasteiger partial charge is 0.369 e. The zero-order valence-electron chi connectivity index (χ0n) is 8.57. The average molecular weight is 206 g/mol. The van der Waals surface area contributed by atoms with Crippen molar-refractivity contribution in [3.8, 4) is 0 Å². The lowest BCUT2D eigenvalue weighted by molar-refractivity contribution is -0.126. The van der Waals surface area contributed by atoms with E-state index < -0.39 is 11.8 Å². The van der Waals surface area contributed by atoms with Crippen molar-refractivity contribution in [3.63, 3.8) is 0 Å². The lowest BCUT2D eigenvalue weighted by atomic mass is 9.95. The quantitative estimate of drug-likeness (QED) is 0.748. The van der Waals surface area contributed by atoms with Gasteiger partial charge in [0.05, 0.1) is 5.92 Å². The highest BCUT2D eigenvalue weighted by Crippen LogP contribution is 2.18. The van der Waals surface area contributed by atoms with Crippen molar-refractivity contribution in [2.45, 2.75) is 12.3 Å². The van der Waals surface area contributed by atoms with Crippen molar-refractivity contribution in [2.24, 2.45) is 5.73 Å². The predicted octanol–water partition coefficient (Wildman–Crippen LogP) is 0.392. The Morgan fingerprint density at radius 1 is 1.33 bits per heavy atom. The number of nitrogens with one attached hydrogen (secondary N) is 1. The first-order chi connectivity index (χ1) is 7.15. The molecule has 0 spiro atoms. The number of carbonyl (C=O) groups is 2. The van der Waals surface area contributed by atoms with Gasteiger partial charge in [-0.2, -0.15) is 0 Å². The number of amides is 2. The van der Waals surface area contributed by atoms with Crippen LogP contribution in [0, 0.1) is 0 Å². The molecule has 4 heteroatoms. The SMILES string of the molecule is CNC(=O)CC(C(N)=O)c1ccccc1. The van der Waals surface area contributed by atoms with E-state index in [1.54, 1.807) is 12.1 Å². The Morgan fingerprint density at radius 3 is 2.40 bits per heavy atom. The Kier molecular flexibility index (Phi) is 3.85. The molecule has 1 aromatic rings. The van der Waals surface area contributed by atoms with E-state index in [0.717, 1.165) is 5.56 Å². The molecule has 15 heavy (non-hydrogen) atoms. The molecule has 0 bridgehead atoms. The Bertz CT molecular complexity index is 349. The summed E-state index contributed by atoms with van der Waals surface area (Å²) in [6.45, 7) is 0. The van der Waals surface area contributed by atoms with Gasteiger partial charge in [0.2, 0.25) is 11.8 Å². The number of nitrogens with two attached hydrogens (primary N) is 1. The van der Waals surface area contributed by atoms with E-state index in [4.69, 9.17) is 5.73 Å². The van der Waals surface area contributed by atoms with E-state index in [1.807, 2.05) is 18.2 Å². The third-order valence-electron chi connectivity index (χ3n) is 2.21. The highest BCUT2D eigenvalue weighted by Gasteiger charge is 2.20. The van der Waals surface area contributed by atoms with Crippen LogP contribution in [-0.2, 0) is 9.59 Å². The lowest BCUT2D eigenvalue weighted by Gasteiger charge is -2.12. The second kappa shape index (κ2) is 5.14. The Labute approximate surface area is 88.5 Å². The maximum Gasteiger partial charge on any atom is 0.225 e. The number of primary amides is 1. The molecule has 0 heterocycles. The second-order valence-electron chi connectivity index (χ2n) is 3.24. The predicted molar refractivity (Wildman–Crippen MR) is 57.1 cm³/mol. The molecule has 3 N–H and O–H groups in total. The van der Waals surface area contributed by atoms with E-state index >= 15 is 0 Å². The Morgan fingerprint density at radius 2 is 1.93 bits per heavy atom. The van der Waals surface area contributed by atoms with Gasteiger partial charge in [0.25, 0.3) is 0 Å². The lowest BCUT2D eigenvalue weighted by Crippen LogP contribution is -2.28. The maximum absolute atomic E-state index is 11.2. The van der Waals surface area contributed by atoms with Crippen LogP contribution in [0.2, 0.25) is 0 Å². The summed E-state index contributed by atoms with van der Waals surface area (Å²) in [5, 5.41) is 2.47. The summed E-state index contributed by atoms with van der Waals surface area (Å²) in [6, 6.07) is 9.06. The molecule has 0 aliphatic heterocycles. The molecule has 0 saturated heterocycles. The van der Waals surface area contributed by atoms with Crippen LogP contribution in [-0.4, -0.2) is 18.9 Å². The van der Waals surface area contributed by atoms with Gasteiger partial charge in [0.1, 0.15) is 0 Å². The Hall–Kier alpha value is -1.84. The topological polar surface area (TPSA) is 72.2 Å². The maximum atomic E-state index is 11.2. The minimum absolute atomic E-state index is 0.0931. The highest BCUT2D eigenvalue weighted by molar-refractivity contribution is 5.88. The molecule has 0 aliphatic rings. The van der Waals surface area contributed by atoms with Gasteiger partial charge in [0.15, 0.2) is 0 Å². The first-order valence-corrected chi connectivity index (χ1v) is 4.70. The van der Waals surface area contributed by atoms with Crippen molar-refractivity contribution in [2.75, 3.05) is 7.05 Å². The third kappa shape index (κ3) is 3.09. The summed E-state index contributed by atoms with van der Waals surface area (Å²) in [7, 11) is 1.53. The summed E-state index contributed by atoms with van der Waals surface area (Å²) < 4.78 is 0. The fourth-order valence-corrected chi connectivity index (χ4v) is 1.36. The van der Waals surface area contributed by atoms with Gasteiger partial charge in [-0.05, 0) is 5.56 Å². The summed E-state index contributed by atoms with van der Waals surface area (Å²) >= 11 is 0. The molecule has 1 rings (SSSR count). The number of benzene rings is 1. The van der Waals surface area contributed by atoms with Crippen LogP contribution in [0.4, 0.5) is 0 Å². The number of hydrogen-bond donors (Lipinski definition) is 2. The summed E-state index contributed by atoms with van der Waals surface area (Å²) in [5.41, 5.74) is 6.02. The van der Waals surface area contributed by atoms with Gasteiger partial charge < -0.3 is 11.1 Å².